The molecule has 27 heavy (non-hydrogen) atoms. The fourth-order valence-corrected chi connectivity index (χ4v) is 3.46. The summed E-state index contributed by atoms with van der Waals surface area (Å²) in [4.78, 5) is 29.4. The predicted molar refractivity (Wildman–Crippen MR) is 104 cm³/mol. The van der Waals surface area contributed by atoms with Crippen molar-refractivity contribution in [1.29, 1.82) is 0 Å². The predicted octanol–water partition coefficient (Wildman–Crippen LogP) is 3.19. The van der Waals surface area contributed by atoms with E-state index in [0.29, 0.717) is 31.7 Å². The van der Waals surface area contributed by atoms with Gasteiger partial charge >= 0.3 is 0 Å². The van der Waals surface area contributed by atoms with Gasteiger partial charge in [-0.2, -0.15) is 5.10 Å². The fraction of sp³-hybridized carbons (Fsp3) is 0.476. The minimum absolute atomic E-state index is 0.00710. The van der Waals surface area contributed by atoms with Gasteiger partial charge in [-0.15, -0.1) is 0 Å². The zero-order valence-corrected chi connectivity index (χ0v) is 16.3. The van der Waals surface area contributed by atoms with Gasteiger partial charge in [-0.3, -0.25) is 14.7 Å². The maximum Gasteiger partial charge on any atom is 0.274 e. The molecule has 1 aliphatic rings. The van der Waals surface area contributed by atoms with Crippen LogP contribution < -0.4 is 0 Å². The van der Waals surface area contributed by atoms with Crippen molar-refractivity contribution in [3.05, 3.63) is 53.3 Å². The lowest BCUT2D eigenvalue weighted by Crippen LogP contribution is -2.43. The molecule has 1 fully saturated rings. The highest BCUT2D eigenvalue weighted by Gasteiger charge is 2.31. The summed E-state index contributed by atoms with van der Waals surface area (Å²) in [5.41, 5.74) is 2.48. The second-order valence-electron chi connectivity index (χ2n) is 7.43. The van der Waals surface area contributed by atoms with Crippen molar-refractivity contribution in [3.8, 4) is 0 Å². The Balaban J connectivity index is 1.76. The molecule has 0 radical (unpaired) electrons. The van der Waals surface area contributed by atoms with E-state index < -0.39 is 0 Å². The van der Waals surface area contributed by atoms with E-state index in [0.717, 1.165) is 17.7 Å². The fourth-order valence-electron chi connectivity index (χ4n) is 3.46. The van der Waals surface area contributed by atoms with Gasteiger partial charge in [0.25, 0.3) is 5.91 Å². The van der Waals surface area contributed by atoms with Gasteiger partial charge in [-0.1, -0.05) is 51.1 Å². The Morgan fingerprint density at radius 3 is 2.67 bits per heavy atom. The molecule has 2 aromatic rings. The molecule has 1 aromatic heterocycles. The quantitative estimate of drug-likeness (QED) is 0.881. The van der Waals surface area contributed by atoms with Gasteiger partial charge in [0, 0.05) is 37.8 Å². The monoisotopic (exact) mass is 368 g/mol. The smallest absolute Gasteiger partial charge is 0.274 e. The van der Waals surface area contributed by atoms with E-state index in [1.807, 2.05) is 41.3 Å². The van der Waals surface area contributed by atoms with Crippen LogP contribution in [0.2, 0.25) is 0 Å². The summed E-state index contributed by atoms with van der Waals surface area (Å²) < 4.78 is 0. The van der Waals surface area contributed by atoms with E-state index >= 15 is 0 Å². The zero-order valence-electron chi connectivity index (χ0n) is 16.3. The van der Waals surface area contributed by atoms with E-state index in [2.05, 4.69) is 31.0 Å². The number of aromatic amines is 1. The highest BCUT2D eigenvalue weighted by atomic mass is 16.2. The van der Waals surface area contributed by atoms with Crippen LogP contribution in [0.5, 0.6) is 0 Å². The molecule has 144 valence electrons. The number of rotatable bonds is 5. The molecule has 1 saturated heterocycles. The van der Waals surface area contributed by atoms with Crippen LogP contribution in [-0.2, 0) is 11.3 Å². The number of aromatic nitrogens is 2. The Labute approximate surface area is 160 Å². The molecule has 0 aliphatic carbocycles. The Morgan fingerprint density at radius 2 is 2.04 bits per heavy atom. The molecule has 0 unspecified atom stereocenters. The molecule has 0 bridgehead atoms. The largest absolute Gasteiger partial charge is 0.335 e. The molecular formula is C21H28N4O2. The number of carbonyl (C=O) groups excluding carboxylic acids is 2. The lowest BCUT2D eigenvalue weighted by molar-refractivity contribution is -0.133. The van der Waals surface area contributed by atoms with Gasteiger partial charge in [0.15, 0.2) is 0 Å². The number of benzene rings is 1. The van der Waals surface area contributed by atoms with Crippen LogP contribution in [0.3, 0.4) is 0 Å². The average Bonchev–Trinajstić information content (AvgIpc) is 3.12. The van der Waals surface area contributed by atoms with Gasteiger partial charge in [0.05, 0.1) is 0 Å². The maximum absolute atomic E-state index is 12.9. The minimum atomic E-state index is -0.106. The first-order valence-electron chi connectivity index (χ1n) is 9.67. The molecule has 1 aromatic carbocycles. The first-order chi connectivity index (χ1) is 13.0. The molecule has 0 saturated carbocycles. The Kier molecular flexibility index (Phi) is 5.94. The summed E-state index contributed by atoms with van der Waals surface area (Å²) in [7, 11) is 0. The molecule has 1 atom stereocenters. The molecule has 0 spiro atoms. The van der Waals surface area contributed by atoms with Gasteiger partial charge in [-0.25, -0.2) is 0 Å². The minimum Gasteiger partial charge on any atom is -0.335 e. The summed E-state index contributed by atoms with van der Waals surface area (Å²) in [6, 6.07) is 11.8. The van der Waals surface area contributed by atoms with Crippen molar-refractivity contribution in [2.45, 2.75) is 52.1 Å². The summed E-state index contributed by atoms with van der Waals surface area (Å²) in [5.74, 6) is 0.284. The highest BCUT2D eigenvalue weighted by molar-refractivity contribution is 5.93. The zero-order chi connectivity index (χ0) is 19.4. The van der Waals surface area contributed by atoms with Gasteiger partial charge in [0.2, 0.25) is 5.91 Å². The van der Waals surface area contributed by atoms with Gasteiger partial charge < -0.3 is 9.80 Å². The van der Waals surface area contributed by atoms with Crippen molar-refractivity contribution in [3.63, 3.8) is 0 Å². The van der Waals surface area contributed by atoms with Crippen molar-refractivity contribution in [2.24, 2.45) is 0 Å². The number of hydrogen-bond acceptors (Lipinski definition) is 3. The van der Waals surface area contributed by atoms with Gasteiger partial charge in [-0.05, 0) is 24.0 Å². The maximum atomic E-state index is 12.9. The number of nitrogens with zero attached hydrogens (tertiary/aromatic N) is 3. The van der Waals surface area contributed by atoms with Crippen LogP contribution >= 0.6 is 0 Å². The average molecular weight is 368 g/mol. The number of nitrogens with one attached hydrogen (secondary N) is 1. The van der Waals surface area contributed by atoms with E-state index in [9.17, 15) is 9.59 Å². The topological polar surface area (TPSA) is 69.3 Å². The summed E-state index contributed by atoms with van der Waals surface area (Å²) >= 11 is 0. The number of hydrogen-bond donors (Lipinski definition) is 1. The Hall–Kier alpha value is -2.63. The van der Waals surface area contributed by atoms with Crippen molar-refractivity contribution in [2.75, 3.05) is 13.1 Å². The third-order valence-electron chi connectivity index (χ3n) is 5.18. The first kappa shape index (κ1) is 19.1. The molecule has 2 amide bonds. The number of H-pyrrole nitrogens is 1. The van der Waals surface area contributed by atoms with Crippen LogP contribution in [0.15, 0.2) is 36.4 Å². The summed E-state index contributed by atoms with van der Waals surface area (Å²) in [6.07, 6.45) is 1.15. The van der Waals surface area contributed by atoms with Crippen LogP contribution in [0.4, 0.5) is 0 Å². The first-order valence-corrected chi connectivity index (χ1v) is 9.67. The van der Waals surface area contributed by atoms with Crippen LogP contribution in [0.1, 0.15) is 61.3 Å². The molecular weight excluding hydrogens is 340 g/mol. The number of amides is 2. The van der Waals surface area contributed by atoms with E-state index in [-0.39, 0.29) is 23.8 Å². The van der Waals surface area contributed by atoms with Crippen molar-refractivity contribution < 1.29 is 9.59 Å². The standard InChI is InChI=1S/C21H28N4O2/c1-4-17-14-24(21(27)19-12-18(15(2)3)22-23-19)11-10-20(26)25(17)13-16-8-6-5-7-9-16/h5-9,12,15,17H,4,10-11,13-14H2,1-3H3,(H,22,23)/t17-/m1/s1. The normalized spacial score (nSPS) is 18.1. The lowest BCUT2D eigenvalue weighted by atomic mass is 10.1. The molecule has 1 N–H and O–H groups in total. The second kappa shape index (κ2) is 8.37. The highest BCUT2D eigenvalue weighted by Crippen LogP contribution is 2.20. The van der Waals surface area contributed by atoms with Crippen LogP contribution in [0.25, 0.3) is 0 Å². The number of carbonyl (C=O) groups is 2. The van der Waals surface area contributed by atoms with Crippen LogP contribution in [-0.4, -0.2) is 50.9 Å². The third-order valence-corrected chi connectivity index (χ3v) is 5.18. The Bertz CT molecular complexity index is 784. The SMILES string of the molecule is CC[C@@H]1CN(C(=O)c2cc(C(C)C)[nH]n2)CCC(=O)N1Cc1ccccc1. The molecule has 3 rings (SSSR count). The summed E-state index contributed by atoms with van der Waals surface area (Å²) in [6.45, 7) is 7.73. The third kappa shape index (κ3) is 4.38. The molecule has 1 aliphatic heterocycles. The second-order valence-corrected chi connectivity index (χ2v) is 7.43. The molecule has 2 heterocycles. The molecule has 6 nitrogen and oxygen atoms in total. The van der Waals surface area contributed by atoms with Crippen molar-refractivity contribution >= 4 is 11.8 Å². The van der Waals surface area contributed by atoms with Crippen molar-refractivity contribution in [1.82, 2.24) is 20.0 Å². The van der Waals surface area contributed by atoms with E-state index in [1.165, 1.54) is 0 Å². The Morgan fingerprint density at radius 1 is 1.30 bits per heavy atom. The van der Waals surface area contributed by atoms with E-state index in [1.54, 1.807) is 4.90 Å². The van der Waals surface area contributed by atoms with Gasteiger partial charge in [0.1, 0.15) is 5.69 Å². The van der Waals surface area contributed by atoms with Crippen LogP contribution in [0, 0.1) is 0 Å². The summed E-state index contributed by atoms with van der Waals surface area (Å²) in [5, 5.41) is 7.13. The molecule has 6 heteroatoms. The lowest BCUT2D eigenvalue weighted by Gasteiger charge is -2.31. The van der Waals surface area contributed by atoms with E-state index in [4.69, 9.17) is 0 Å².